The van der Waals surface area contributed by atoms with Crippen LogP contribution in [0.25, 0.3) is 0 Å². The summed E-state index contributed by atoms with van der Waals surface area (Å²) in [4.78, 5) is 10.0. The lowest BCUT2D eigenvalue weighted by Gasteiger charge is -2.35. The van der Waals surface area contributed by atoms with E-state index < -0.39 is 20.6 Å². The van der Waals surface area contributed by atoms with E-state index in [4.69, 9.17) is 17.3 Å². The van der Waals surface area contributed by atoms with Gasteiger partial charge in [-0.25, -0.2) is 8.42 Å². The van der Waals surface area contributed by atoms with Crippen LogP contribution in [0.3, 0.4) is 0 Å². The summed E-state index contributed by atoms with van der Waals surface area (Å²) in [5, 5.41) is 11.2. The summed E-state index contributed by atoms with van der Waals surface area (Å²) in [6.07, 6.45) is 1.06. The number of nitro groups is 1. The SMILES string of the molecule is CC1CC(N)CCN1S(=O)(=O)c1ccc(Cl)cc1[N+](=O)[O-]. The van der Waals surface area contributed by atoms with Crippen LogP contribution >= 0.6 is 11.6 Å². The van der Waals surface area contributed by atoms with Crippen LogP contribution in [0.2, 0.25) is 5.02 Å². The second kappa shape index (κ2) is 5.88. The number of nitrogens with two attached hydrogens (primary N) is 1. The third-order valence-electron chi connectivity index (χ3n) is 3.56. The van der Waals surface area contributed by atoms with Crippen LogP contribution in [0.15, 0.2) is 23.1 Å². The lowest BCUT2D eigenvalue weighted by atomic mass is 10.0. The van der Waals surface area contributed by atoms with Crippen molar-refractivity contribution in [1.29, 1.82) is 0 Å². The number of hydrogen-bond acceptors (Lipinski definition) is 5. The summed E-state index contributed by atoms with van der Waals surface area (Å²) in [6, 6.07) is 3.22. The molecule has 2 rings (SSSR count). The third-order valence-corrected chi connectivity index (χ3v) is 5.86. The first kappa shape index (κ1) is 16.2. The number of benzene rings is 1. The minimum Gasteiger partial charge on any atom is -0.328 e. The Bertz CT molecular complexity index is 664. The van der Waals surface area contributed by atoms with Crippen LogP contribution in [0.1, 0.15) is 19.8 Å². The largest absolute Gasteiger partial charge is 0.328 e. The van der Waals surface area contributed by atoms with E-state index in [0.29, 0.717) is 12.8 Å². The predicted molar refractivity (Wildman–Crippen MR) is 78.7 cm³/mol. The Morgan fingerprint density at radius 1 is 1.48 bits per heavy atom. The maximum atomic E-state index is 12.7. The predicted octanol–water partition coefficient (Wildman–Crippen LogP) is 1.75. The summed E-state index contributed by atoms with van der Waals surface area (Å²) in [5.41, 5.74) is 5.31. The molecule has 1 fully saturated rings. The molecule has 1 aliphatic heterocycles. The first-order chi connectivity index (χ1) is 9.73. The number of nitro benzene ring substituents is 1. The van der Waals surface area contributed by atoms with E-state index in [-0.39, 0.29) is 28.5 Å². The molecular formula is C12H16ClN3O4S. The van der Waals surface area contributed by atoms with E-state index in [1.54, 1.807) is 6.92 Å². The summed E-state index contributed by atoms with van der Waals surface area (Å²) < 4.78 is 26.6. The molecule has 1 heterocycles. The summed E-state index contributed by atoms with van der Waals surface area (Å²) in [5.74, 6) is 0. The average Bonchev–Trinajstić information content (AvgIpc) is 2.37. The number of rotatable bonds is 3. The highest BCUT2D eigenvalue weighted by molar-refractivity contribution is 7.89. The summed E-state index contributed by atoms with van der Waals surface area (Å²) in [6.45, 7) is 2.00. The Morgan fingerprint density at radius 2 is 2.14 bits per heavy atom. The highest BCUT2D eigenvalue weighted by Gasteiger charge is 2.37. The van der Waals surface area contributed by atoms with Crippen LogP contribution in [0, 0.1) is 10.1 Å². The zero-order valence-corrected chi connectivity index (χ0v) is 13.0. The average molecular weight is 334 g/mol. The molecule has 0 aromatic heterocycles. The molecule has 0 radical (unpaired) electrons. The monoisotopic (exact) mass is 333 g/mol. The quantitative estimate of drug-likeness (QED) is 0.669. The van der Waals surface area contributed by atoms with Crippen LogP contribution in [-0.4, -0.2) is 36.3 Å². The number of sulfonamides is 1. The molecule has 2 atom stereocenters. The fourth-order valence-corrected chi connectivity index (χ4v) is 4.48. The van der Waals surface area contributed by atoms with E-state index in [9.17, 15) is 18.5 Å². The van der Waals surface area contributed by atoms with Gasteiger partial charge in [0, 0.05) is 29.7 Å². The van der Waals surface area contributed by atoms with Crippen LogP contribution in [-0.2, 0) is 10.0 Å². The minimum absolute atomic E-state index is 0.0494. The summed E-state index contributed by atoms with van der Waals surface area (Å²) in [7, 11) is -3.95. The normalized spacial score (nSPS) is 24.0. The maximum Gasteiger partial charge on any atom is 0.290 e. The first-order valence-electron chi connectivity index (χ1n) is 6.45. The molecule has 1 saturated heterocycles. The number of piperidine rings is 1. The van der Waals surface area contributed by atoms with Gasteiger partial charge in [-0.1, -0.05) is 11.6 Å². The Labute approximate surface area is 127 Å². The van der Waals surface area contributed by atoms with Gasteiger partial charge < -0.3 is 5.73 Å². The second-order valence-corrected chi connectivity index (χ2v) is 7.41. The molecule has 1 aromatic rings. The fraction of sp³-hybridized carbons (Fsp3) is 0.500. The topological polar surface area (TPSA) is 107 Å². The molecule has 1 aromatic carbocycles. The molecule has 1 aliphatic rings. The van der Waals surface area contributed by atoms with Gasteiger partial charge in [0.25, 0.3) is 5.69 Å². The molecule has 0 bridgehead atoms. The number of halogens is 1. The van der Waals surface area contributed by atoms with Gasteiger partial charge in [0.2, 0.25) is 10.0 Å². The molecule has 2 N–H and O–H groups in total. The van der Waals surface area contributed by atoms with Gasteiger partial charge in [0.1, 0.15) is 0 Å². The van der Waals surface area contributed by atoms with Crippen molar-refractivity contribution in [3.63, 3.8) is 0 Å². The Morgan fingerprint density at radius 3 is 2.71 bits per heavy atom. The van der Waals surface area contributed by atoms with Gasteiger partial charge in [-0.2, -0.15) is 4.31 Å². The zero-order chi connectivity index (χ0) is 15.8. The third kappa shape index (κ3) is 3.18. The molecule has 0 spiro atoms. The Balaban J connectivity index is 2.47. The second-order valence-electron chi connectivity index (χ2n) is 5.12. The maximum absolute atomic E-state index is 12.7. The zero-order valence-electron chi connectivity index (χ0n) is 11.4. The van der Waals surface area contributed by atoms with E-state index in [0.717, 1.165) is 6.07 Å². The van der Waals surface area contributed by atoms with Gasteiger partial charge >= 0.3 is 0 Å². The van der Waals surface area contributed by atoms with Gasteiger partial charge in [-0.3, -0.25) is 10.1 Å². The van der Waals surface area contributed by atoms with Crippen LogP contribution in [0.4, 0.5) is 5.69 Å². The van der Waals surface area contributed by atoms with Gasteiger partial charge in [-0.15, -0.1) is 0 Å². The molecule has 2 unspecified atom stereocenters. The molecule has 116 valence electrons. The van der Waals surface area contributed by atoms with Crippen molar-refractivity contribution in [3.8, 4) is 0 Å². The van der Waals surface area contributed by atoms with Crippen molar-refractivity contribution in [2.75, 3.05) is 6.54 Å². The molecule has 9 heteroatoms. The smallest absolute Gasteiger partial charge is 0.290 e. The van der Waals surface area contributed by atoms with Crippen molar-refractivity contribution >= 4 is 27.3 Å². The Kier molecular flexibility index (Phi) is 4.52. The number of hydrogen-bond donors (Lipinski definition) is 1. The van der Waals surface area contributed by atoms with Crippen LogP contribution in [0.5, 0.6) is 0 Å². The van der Waals surface area contributed by atoms with Crippen molar-refractivity contribution in [1.82, 2.24) is 4.31 Å². The van der Waals surface area contributed by atoms with Crippen molar-refractivity contribution < 1.29 is 13.3 Å². The molecule has 0 amide bonds. The van der Waals surface area contributed by atoms with Crippen LogP contribution < -0.4 is 5.73 Å². The highest BCUT2D eigenvalue weighted by atomic mass is 35.5. The molecule has 21 heavy (non-hydrogen) atoms. The van der Waals surface area contributed by atoms with E-state index in [1.165, 1.54) is 16.4 Å². The van der Waals surface area contributed by atoms with Crippen molar-refractivity contribution in [2.45, 2.75) is 36.7 Å². The standard InChI is InChI=1S/C12H16ClN3O4S/c1-8-6-10(14)4-5-15(8)21(19,20)12-3-2-9(13)7-11(12)16(17)18/h2-3,7-8,10H,4-6,14H2,1H3. The van der Waals surface area contributed by atoms with E-state index in [1.807, 2.05) is 0 Å². The van der Waals surface area contributed by atoms with Crippen molar-refractivity contribution in [3.05, 3.63) is 33.3 Å². The van der Waals surface area contributed by atoms with Gasteiger partial charge in [0.05, 0.1) is 4.92 Å². The lowest BCUT2D eigenvalue weighted by molar-refractivity contribution is -0.387. The first-order valence-corrected chi connectivity index (χ1v) is 8.26. The molecule has 7 nitrogen and oxygen atoms in total. The Hall–Kier alpha value is -1.22. The molecule has 0 saturated carbocycles. The van der Waals surface area contributed by atoms with Gasteiger partial charge in [0.15, 0.2) is 4.90 Å². The lowest BCUT2D eigenvalue weighted by Crippen LogP contribution is -2.48. The highest BCUT2D eigenvalue weighted by Crippen LogP contribution is 2.32. The van der Waals surface area contributed by atoms with Gasteiger partial charge in [-0.05, 0) is 31.9 Å². The minimum atomic E-state index is -3.95. The van der Waals surface area contributed by atoms with Crippen molar-refractivity contribution in [2.24, 2.45) is 5.73 Å². The number of nitrogens with zero attached hydrogens (tertiary/aromatic N) is 2. The summed E-state index contributed by atoms with van der Waals surface area (Å²) >= 11 is 5.72. The molecular weight excluding hydrogens is 318 g/mol. The van der Waals surface area contributed by atoms with E-state index >= 15 is 0 Å². The fourth-order valence-electron chi connectivity index (χ4n) is 2.52. The molecule has 0 aliphatic carbocycles. The van der Waals surface area contributed by atoms with E-state index in [2.05, 4.69) is 0 Å².